The average molecular weight is 188 g/mol. The number of aromatic hydroxyl groups is 1. The van der Waals surface area contributed by atoms with Crippen LogP contribution < -0.4 is 0 Å². The fraction of sp³-hybridized carbons (Fsp3) is 0.167. The molecule has 0 fully saturated rings. The van der Waals surface area contributed by atoms with Crippen LogP contribution in [0.25, 0.3) is 0 Å². The van der Waals surface area contributed by atoms with E-state index in [1.54, 1.807) is 12.1 Å². The first kappa shape index (κ1) is 6.55. The Kier molecular flexibility index (Phi) is 1.71. The van der Waals surface area contributed by atoms with Crippen LogP contribution in [0, 0.1) is 6.92 Å². The molecule has 1 N–H and O–H groups in total. The van der Waals surface area contributed by atoms with Gasteiger partial charge in [-0.05, 0) is 22.9 Å². The highest BCUT2D eigenvalue weighted by Crippen LogP contribution is 2.15. The van der Waals surface area contributed by atoms with Crippen LogP contribution in [0.4, 0.5) is 0 Å². The summed E-state index contributed by atoms with van der Waals surface area (Å²) in [7, 11) is 0. The van der Waals surface area contributed by atoms with Crippen molar-refractivity contribution in [2.45, 2.75) is 6.92 Å². The normalized spacial score (nSPS) is 9.56. The lowest BCUT2D eigenvalue weighted by molar-refractivity contribution is 0.473. The summed E-state index contributed by atoms with van der Waals surface area (Å²) in [5.41, 5.74) is 0.807. The Hall–Kier alpha value is -0.570. The molecule has 0 bridgehead atoms. The van der Waals surface area contributed by atoms with Crippen LogP contribution in [0.2, 0.25) is 0 Å². The lowest BCUT2D eigenvalue weighted by atomic mass is 10.4. The topological polar surface area (TPSA) is 33.1 Å². The van der Waals surface area contributed by atoms with Crippen molar-refractivity contribution >= 4 is 15.9 Å². The molecule has 0 aliphatic rings. The van der Waals surface area contributed by atoms with E-state index in [1.807, 2.05) is 6.92 Å². The molecule has 9 heavy (non-hydrogen) atoms. The van der Waals surface area contributed by atoms with Crippen LogP contribution in [0.5, 0.6) is 5.75 Å². The van der Waals surface area contributed by atoms with Gasteiger partial charge in [0.25, 0.3) is 0 Å². The predicted molar refractivity (Wildman–Crippen MR) is 38.3 cm³/mol. The van der Waals surface area contributed by atoms with Crippen LogP contribution in [0.1, 0.15) is 5.69 Å². The third-order valence-electron chi connectivity index (χ3n) is 0.907. The Morgan fingerprint density at radius 3 is 2.67 bits per heavy atom. The smallest absolute Gasteiger partial charge is 0.120 e. The summed E-state index contributed by atoms with van der Waals surface area (Å²) in [6, 6.07) is 3.15. The molecule has 0 amide bonds. The number of aromatic nitrogens is 1. The fourth-order valence-corrected chi connectivity index (χ4v) is 1.12. The monoisotopic (exact) mass is 187 g/mol. The lowest BCUT2D eigenvalue weighted by Gasteiger charge is -1.93. The minimum atomic E-state index is 0.245. The van der Waals surface area contributed by atoms with Gasteiger partial charge >= 0.3 is 0 Å². The molecule has 0 aliphatic carbocycles. The highest BCUT2D eigenvalue weighted by molar-refractivity contribution is 9.10. The van der Waals surface area contributed by atoms with Gasteiger partial charge in [-0.2, -0.15) is 0 Å². The molecule has 0 atom stereocenters. The van der Waals surface area contributed by atoms with Crippen molar-refractivity contribution in [3.05, 3.63) is 22.4 Å². The van der Waals surface area contributed by atoms with Gasteiger partial charge in [-0.25, -0.2) is 4.98 Å². The number of hydrogen-bond donors (Lipinski definition) is 1. The molecule has 48 valence electrons. The molecule has 0 radical (unpaired) electrons. The summed E-state index contributed by atoms with van der Waals surface area (Å²) in [6.07, 6.45) is 0. The van der Waals surface area contributed by atoms with E-state index in [9.17, 15) is 0 Å². The van der Waals surface area contributed by atoms with Gasteiger partial charge in [-0.3, -0.25) is 0 Å². The summed E-state index contributed by atoms with van der Waals surface area (Å²) < 4.78 is 0.667. The van der Waals surface area contributed by atoms with E-state index in [-0.39, 0.29) is 5.75 Å². The van der Waals surface area contributed by atoms with Crippen molar-refractivity contribution in [3.8, 4) is 5.75 Å². The van der Waals surface area contributed by atoms with Gasteiger partial charge in [0.2, 0.25) is 0 Å². The molecule has 0 saturated carbocycles. The zero-order valence-corrected chi connectivity index (χ0v) is 6.51. The first-order valence-electron chi connectivity index (χ1n) is 2.51. The number of halogens is 1. The van der Waals surface area contributed by atoms with Gasteiger partial charge < -0.3 is 5.11 Å². The maximum absolute atomic E-state index is 8.92. The van der Waals surface area contributed by atoms with E-state index in [0.29, 0.717) is 4.60 Å². The van der Waals surface area contributed by atoms with E-state index in [1.165, 1.54) is 0 Å². The largest absolute Gasteiger partial charge is 0.508 e. The van der Waals surface area contributed by atoms with E-state index in [4.69, 9.17) is 5.11 Å². The van der Waals surface area contributed by atoms with E-state index in [2.05, 4.69) is 20.9 Å². The van der Waals surface area contributed by atoms with Gasteiger partial charge in [-0.1, -0.05) is 0 Å². The van der Waals surface area contributed by atoms with Crippen LogP contribution in [0.3, 0.4) is 0 Å². The number of hydrogen-bond acceptors (Lipinski definition) is 2. The van der Waals surface area contributed by atoms with Crippen molar-refractivity contribution in [2.24, 2.45) is 0 Å². The molecule has 2 nitrogen and oxygen atoms in total. The molecule has 0 aliphatic heterocycles. The van der Waals surface area contributed by atoms with E-state index < -0.39 is 0 Å². The third-order valence-corrected chi connectivity index (χ3v) is 1.31. The van der Waals surface area contributed by atoms with E-state index >= 15 is 0 Å². The number of pyridine rings is 1. The van der Waals surface area contributed by atoms with Gasteiger partial charge in [0.15, 0.2) is 0 Å². The summed E-state index contributed by atoms with van der Waals surface area (Å²) in [5.74, 6) is 0.245. The van der Waals surface area contributed by atoms with Crippen LogP contribution in [0.15, 0.2) is 16.7 Å². The molecule has 0 aromatic carbocycles. The first-order chi connectivity index (χ1) is 4.18. The van der Waals surface area contributed by atoms with Gasteiger partial charge in [0, 0.05) is 17.8 Å². The predicted octanol–water partition coefficient (Wildman–Crippen LogP) is 1.86. The van der Waals surface area contributed by atoms with Crippen molar-refractivity contribution < 1.29 is 5.11 Å². The van der Waals surface area contributed by atoms with E-state index in [0.717, 1.165) is 5.69 Å². The summed E-state index contributed by atoms with van der Waals surface area (Å²) in [6.45, 7) is 1.82. The highest BCUT2D eigenvalue weighted by atomic mass is 79.9. The SMILES string of the molecule is Cc1cc(O)cc(Br)n1. The molecule has 3 heteroatoms. The van der Waals surface area contributed by atoms with Crippen LogP contribution >= 0.6 is 15.9 Å². The minimum absolute atomic E-state index is 0.245. The molecule has 1 heterocycles. The fourth-order valence-electron chi connectivity index (χ4n) is 0.611. The molecular weight excluding hydrogens is 182 g/mol. The lowest BCUT2D eigenvalue weighted by Crippen LogP contribution is -1.79. The van der Waals surface area contributed by atoms with Crippen molar-refractivity contribution in [2.75, 3.05) is 0 Å². The number of nitrogens with zero attached hydrogens (tertiary/aromatic N) is 1. The molecule has 0 spiro atoms. The third kappa shape index (κ3) is 1.68. The van der Waals surface area contributed by atoms with Crippen molar-refractivity contribution in [1.29, 1.82) is 0 Å². The summed E-state index contributed by atoms with van der Waals surface area (Å²) in [4.78, 5) is 3.99. The Labute approximate surface area is 61.7 Å². The quantitative estimate of drug-likeness (QED) is 0.630. The maximum atomic E-state index is 8.92. The summed E-state index contributed by atoms with van der Waals surface area (Å²) in [5, 5.41) is 8.92. The Morgan fingerprint density at radius 1 is 1.56 bits per heavy atom. The number of aryl methyl sites for hydroxylation is 1. The standard InChI is InChI=1S/C6H6BrNO/c1-4-2-5(9)3-6(7)8-4/h2-3H,1H3,(H,8,9). The Balaban J connectivity index is 3.17. The second-order valence-electron chi connectivity index (χ2n) is 1.79. The Morgan fingerprint density at radius 2 is 2.22 bits per heavy atom. The van der Waals surface area contributed by atoms with Crippen LogP contribution in [-0.2, 0) is 0 Å². The number of rotatable bonds is 0. The Bertz CT molecular complexity index is 174. The second kappa shape index (κ2) is 2.35. The maximum Gasteiger partial charge on any atom is 0.120 e. The average Bonchev–Trinajstić information content (AvgIpc) is 1.59. The van der Waals surface area contributed by atoms with Crippen molar-refractivity contribution in [3.63, 3.8) is 0 Å². The minimum Gasteiger partial charge on any atom is -0.508 e. The first-order valence-corrected chi connectivity index (χ1v) is 3.31. The van der Waals surface area contributed by atoms with Crippen molar-refractivity contribution in [1.82, 2.24) is 4.98 Å². The van der Waals surface area contributed by atoms with Gasteiger partial charge in [0.1, 0.15) is 10.4 Å². The molecular formula is C6H6BrNO. The second-order valence-corrected chi connectivity index (χ2v) is 2.60. The molecule has 1 aromatic rings. The summed E-state index contributed by atoms with van der Waals surface area (Å²) >= 11 is 3.14. The molecule has 1 aromatic heterocycles. The van der Waals surface area contributed by atoms with Gasteiger partial charge in [0.05, 0.1) is 0 Å². The zero-order valence-electron chi connectivity index (χ0n) is 4.93. The molecule has 0 saturated heterocycles. The highest BCUT2D eigenvalue weighted by Gasteiger charge is 1.92. The zero-order chi connectivity index (χ0) is 6.85. The van der Waals surface area contributed by atoms with Gasteiger partial charge in [-0.15, -0.1) is 0 Å². The molecule has 0 unspecified atom stereocenters. The molecule has 1 rings (SSSR count). The van der Waals surface area contributed by atoms with Crippen LogP contribution in [-0.4, -0.2) is 10.1 Å².